The second-order valence-electron chi connectivity index (χ2n) is 9.70. The lowest BCUT2D eigenvalue weighted by Crippen LogP contribution is -2.49. The molecule has 0 aromatic heterocycles. The van der Waals surface area contributed by atoms with Gasteiger partial charge in [-0.15, -0.1) is 0 Å². The average molecular weight is 574 g/mol. The number of carbonyl (C=O) groups is 2. The number of nitrogens with zero attached hydrogens (tertiary/aromatic N) is 2. The number of amides is 2. The van der Waals surface area contributed by atoms with Crippen LogP contribution in [0.3, 0.4) is 0 Å². The van der Waals surface area contributed by atoms with Crippen molar-refractivity contribution >= 4 is 27.5 Å². The second kappa shape index (κ2) is 13.8. The molecule has 2 rings (SSSR count). The third-order valence-electron chi connectivity index (χ3n) is 5.95. The Bertz CT molecular complexity index is 1220. The second-order valence-corrected chi connectivity index (χ2v) is 11.6. The van der Waals surface area contributed by atoms with Crippen LogP contribution in [0.2, 0.25) is 0 Å². The van der Waals surface area contributed by atoms with Crippen LogP contribution in [0.5, 0.6) is 0 Å². The van der Waals surface area contributed by atoms with Gasteiger partial charge in [0.2, 0.25) is 21.8 Å². The van der Waals surface area contributed by atoms with Gasteiger partial charge < -0.3 is 10.2 Å². The summed E-state index contributed by atoms with van der Waals surface area (Å²) in [7, 11) is -3.96. The molecule has 0 saturated heterocycles. The summed E-state index contributed by atoms with van der Waals surface area (Å²) in [6, 6.07) is 8.65. The van der Waals surface area contributed by atoms with Crippen molar-refractivity contribution in [3.63, 3.8) is 0 Å². The van der Waals surface area contributed by atoms with E-state index in [9.17, 15) is 35.6 Å². The summed E-state index contributed by atoms with van der Waals surface area (Å²) in [5, 5.41) is 2.82. The summed E-state index contributed by atoms with van der Waals surface area (Å²) >= 11 is 0. The van der Waals surface area contributed by atoms with Gasteiger partial charge in [-0.05, 0) is 54.7 Å². The van der Waals surface area contributed by atoms with Crippen LogP contribution < -0.4 is 9.62 Å². The van der Waals surface area contributed by atoms with Crippen molar-refractivity contribution in [2.24, 2.45) is 5.92 Å². The van der Waals surface area contributed by atoms with E-state index < -0.39 is 39.5 Å². The van der Waals surface area contributed by atoms with Crippen LogP contribution in [-0.4, -0.2) is 50.5 Å². The summed E-state index contributed by atoms with van der Waals surface area (Å²) in [6.07, 6.45) is -3.65. The van der Waals surface area contributed by atoms with Gasteiger partial charge in [0.05, 0.1) is 17.5 Å². The van der Waals surface area contributed by atoms with Crippen LogP contribution in [0.4, 0.5) is 23.2 Å². The molecule has 0 radical (unpaired) electrons. The largest absolute Gasteiger partial charge is 0.416 e. The van der Waals surface area contributed by atoms with Crippen molar-refractivity contribution in [1.82, 2.24) is 10.2 Å². The van der Waals surface area contributed by atoms with Crippen molar-refractivity contribution < 1.29 is 35.6 Å². The first-order chi connectivity index (χ1) is 18.1. The number of nitrogens with one attached hydrogen (secondary N) is 1. The van der Waals surface area contributed by atoms with E-state index in [0.29, 0.717) is 18.5 Å². The van der Waals surface area contributed by atoms with Gasteiger partial charge in [-0.1, -0.05) is 39.0 Å². The van der Waals surface area contributed by atoms with E-state index in [-0.39, 0.29) is 43.4 Å². The molecule has 0 bridgehead atoms. The zero-order valence-corrected chi connectivity index (χ0v) is 23.3. The highest BCUT2D eigenvalue weighted by Crippen LogP contribution is 2.32. The smallest absolute Gasteiger partial charge is 0.354 e. The Morgan fingerprint density at radius 1 is 1.05 bits per heavy atom. The number of anilines is 1. The van der Waals surface area contributed by atoms with Crippen molar-refractivity contribution in [1.29, 1.82) is 0 Å². The van der Waals surface area contributed by atoms with Gasteiger partial charge in [0.15, 0.2) is 0 Å². The number of rotatable bonds is 13. The molecule has 12 heteroatoms. The van der Waals surface area contributed by atoms with Crippen LogP contribution in [0.15, 0.2) is 48.5 Å². The number of benzene rings is 2. The maximum absolute atomic E-state index is 13.4. The van der Waals surface area contributed by atoms with E-state index in [0.717, 1.165) is 28.8 Å². The molecule has 1 unspecified atom stereocenters. The molecule has 216 valence electrons. The summed E-state index contributed by atoms with van der Waals surface area (Å²) in [6.45, 7) is 5.81. The Morgan fingerprint density at radius 3 is 2.23 bits per heavy atom. The van der Waals surface area contributed by atoms with Gasteiger partial charge in [-0.3, -0.25) is 13.9 Å². The highest BCUT2D eigenvalue weighted by Gasteiger charge is 2.32. The molecule has 0 spiro atoms. The maximum atomic E-state index is 13.4. The lowest BCUT2D eigenvalue weighted by Gasteiger charge is -2.31. The normalized spacial score (nSPS) is 12.7. The molecule has 39 heavy (non-hydrogen) atoms. The molecule has 2 aromatic rings. The van der Waals surface area contributed by atoms with Gasteiger partial charge in [0, 0.05) is 26.1 Å². The first kappa shape index (κ1) is 32.1. The van der Waals surface area contributed by atoms with Crippen molar-refractivity contribution in [2.45, 2.75) is 58.8 Å². The van der Waals surface area contributed by atoms with Gasteiger partial charge in [-0.25, -0.2) is 12.8 Å². The minimum Gasteiger partial charge on any atom is -0.354 e. The predicted molar refractivity (Wildman–Crippen MR) is 142 cm³/mol. The van der Waals surface area contributed by atoms with Crippen LogP contribution in [0.25, 0.3) is 0 Å². The summed E-state index contributed by atoms with van der Waals surface area (Å²) in [5.74, 6) is -1.05. The molecule has 0 heterocycles. The van der Waals surface area contributed by atoms with Crippen LogP contribution >= 0.6 is 0 Å². The number of halogens is 4. The van der Waals surface area contributed by atoms with E-state index >= 15 is 0 Å². The Morgan fingerprint density at radius 2 is 1.69 bits per heavy atom. The average Bonchev–Trinajstić information content (AvgIpc) is 2.85. The fraction of sp³-hybridized carbons (Fsp3) is 0.481. The van der Waals surface area contributed by atoms with E-state index in [1.165, 1.54) is 35.2 Å². The summed E-state index contributed by atoms with van der Waals surface area (Å²) < 4.78 is 78.6. The van der Waals surface area contributed by atoms with Gasteiger partial charge >= 0.3 is 6.18 Å². The Hall–Kier alpha value is -3.15. The topological polar surface area (TPSA) is 86.8 Å². The Kier molecular flexibility index (Phi) is 11.3. The van der Waals surface area contributed by atoms with Crippen molar-refractivity contribution in [3.8, 4) is 0 Å². The fourth-order valence-electron chi connectivity index (χ4n) is 3.97. The third kappa shape index (κ3) is 9.83. The minimum atomic E-state index is -4.65. The molecule has 0 aliphatic carbocycles. The minimum absolute atomic E-state index is 0.00782. The molecule has 1 atom stereocenters. The molecule has 0 saturated carbocycles. The van der Waals surface area contributed by atoms with Gasteiger partial charge in [0.1, 0.15) is 11.9 Å². The number of alkyl halides is 3. The molecule has 2 amide bonds. The quantitative estimate of drug-likeness (QED) is 0.343. The Balaban J connectivity index is 2.25. The molecular formula is C27H35F4N3O4S. The monoisotopic (exact) mass is 573 g/mol. The SMILES string of the molecule is CCC(C(=O)NCC(C)C)N(Cc1ccc(F)cc1)C(=O)CCCN(c1cccc(C(F)(F)F)c1)S(C)(=O)=O. The number of sulfonamides is 1. The lowest BCUT2D eigenvalue weighted by atomic mass is 10.1. The Labute approximate surface area is 227 Å². The predicted octanol–water partition coefficient (Wildman–Crippen LogP) is 4.97. The number of hydrogen-bond acceptors (Lipinski definition) is 4. The van der Waals surface area contributed by atoms with E-state index in [2.05, 4.69) is 5.32 Å². The lowest BCUT2D eigenvalue weighted by molar-refractivity contribution is -0.141. The molecule has 1 N–H and O–H groups in total. The van der Waals surface area contributed by atoms with E-state index in [1.54, 1.807) is 6.92 Å². The highest BCUT2D eigenvalue weighted by atomic mass is 32.2. The molecule has 0 aliphatic rings. The van der Waals surface area contributed by atoms with Crippen molar-refractivity contribution in [2.75, 3.05) is 23.7 Å². The van der Waals surface area contributed by atoms with Crippen LogP contribution in [0, 0.1) is 11.7 Å². The van der Waals surface area contributed by atoms with Crippen LogP contribution in [0.1, 0.15) is 51.2 Å². The van der Waals surface area contributed by atoms with Gasteiger partial charge in [0.25, 0.3) is 0 Å². The first-order valence-corrected chi connectivity index (χ1v) is 14.4. The zero-order valence-electron chi connectivity index (χ0n) is 22.5. The van der Waals surface area contributed by atoms with Crippen LogP contribution in [-0.2, 0) is 32.3 Å². The number of carbonyl (C=O) groups excluding carboxylic acids is 2. The summed E-state index contributed by atoms with van der Waals surface area (Å²) in [4.78, 5) is 27.7. The molecule has 2 aromatic carbocycles. The molecule has 7 nitrogen and oxygen atoms in total. The third-order valence-corrected chi connectivity index (χ3v) is 7.14. The summed E-state index contributed by atoms with van der Waals surface area (Å²) in [5.41, 5.74) is -0.558. The highest BCUT2D eigenvalue weighted by molar-refractivity contribution is 7.92. The van der Waals surface area contributed by atoms with Gasteiger partial charge in [-0.2, -0.15) is 13.2 Å². The molecule has 0 fully saturated rings. The fourth-order valence-corrected chi connectivity index (χ4v) is 4.93. The molecular weight excluding hydrogens is 538 g/mol. The maximum Gasteiger partial charge on any atom is 0.416 e. The van der Waals surface area contributed by atoms with E-state index in [1.807, 2.05) is 13.8 Å². The van der Waals surface area contributed by atoms with Crippen molar-refractivity contribution in [3.05, 3.63) is 65.5 Å². The first-order valence-electron chi connectivity index (χ1n) is 12.6. The van der Waals surface area contributed by atoms with E-state index in [4.69, 9.17) is 0 Å². The number of hydrogen-bond donors (Lipinski definition) is 1. The zero-order chi connectivity index (χ0) is 29.4. The standard InChI is InChI=1S/C27H35F4N3O4S/c1-5-24(26(36)32-17-19(2)3)33(18-20-11-13-22(28)14-12-20)25(35)10-7-15-34(39(4,37)38)23-9-6-8-21(16-23)27(29,30)31/h6,8-9,11-14,16,19,24H,5,7,10,15,17-18H2,1-4H3,(H,32,36). The molecule has 0 aliphatic heterocycles.